The Balaban J connectivity index is 2.57. The van der Waals surface area contributed by atoms with Gasteiger partial charge in [-0.15, -0.1) is 11.3 Å². The zero-order valence-corrected chi connectivity index (χ0v) is 7.81. The minimum absolute atomic E-state index is 0.292. The summed E-state index contributed by atoms with van der Waals surface area (Å²) in [6, 6.07) is 3.28. The van der Waals surface area contributed by atoms with E-state index in [9.17, 15) is 8.78 Å². The van der Waals surface area contributed by atoms with Crippen molar-refractivity contribution >= 4 is 17.2 Å². The molecule has 0 aliphatic rings. The molecule has 0 saturated carbocycles. The fourth-order valence-electron chi connectivity index (χ4n) is 1.16. The van der Waals surface area contributed by atoms with Gasteiger partial charge in [0.05, 0.1) is 10.4 Å². The molecule has 1 aromatic carbocycles. The number of anilines is 1. The van der Waals surface area contributed by atoms with Gasteiger partial charge in [-0.2, -0.15) is 0 Å². The Labute approximate surface area is 83.0 Å². The normalized spacial score (nSPS) is 10.4. The van der Waals surface area contributed by atoms with Gasteiger partial charge in [0, 0.05) is 11.6 Å². The molecule has 0 aliphatic carbocycles. The summed E-state index contributed by atoms with van der Waals surface area (Å²) in [5.74, 6) is -0.944. The van der Waals surface area contributed by atoms with Crippen LogP contribution in [0.15, 0.2) is 23.7 Å². The lowest BCUT2D eigenvalue weighted by Crippen LogP contribution is -1.88. The molecular formula is C9H6F2N2S. The Morgan fingerprint density at radius 1 is 1.14 bits per heavy atom. The second-order valence-corrected chi connectivity index (χ2v) is 3.58. The van der Waals surface area contributed by atoms with Gasteiger partial charge in [-0.1, -0.05) is 0 Å². The van der Waals surface area contributed by atoms with Crippen LogP contribution in [-0.2, 0) is 0 Å². The molecule has 2 nitrogen and oxygen atoms in total. The summed E-state index contributed by atoms with van der Waals surface area (Å²) in [4.78, 5) is 4.39. The third-order valence-corrected chi connectivity index (χ3v) is 2.61. The summed E-state index contributed by atoms with van der Waals surface area (Å²) in [6.07, 6.45) is 0. The van der Waals surface area contributed by atoms with E-state index in [0.717, 1.165) is 6.07 Å². The van der Waals surface area contributed by atoms with Crippen molar-refractivity contribution in [1.29, 1.82) is 0 Å². The van der Waals surface area contributed by atoms with Crippen LogP contribution in [0.25, 0.3) is 10.4 Å². The molecule has 0 bridgehead atoms. The molecule has 72 valence electrons. The molecule has 0 aliphatic heterocycles. The van der Waals surface area contributed by atoms with Crippen LogP contribution in [0.4, 0.5) is 14.6 Å². The number of rotatable bonds is 1. The standard InChI is InChI=1S/C9H6F2N2S/c10-6-1-5(2-7(11)3-6)8-9(12)13-4-14-8/h1-4H,12H2. The van der Waals surface area contributed by atoms with Crippen LogP contribution in [0.5, 0.6) is 0 Å². The van der Waals surface area contributed by atoms with Crippen LogP contribution in [-0.4, -0.2) is 4.98 Å². The second-order valence-electron chi connectivity index (χ2n) is 2.72. The monoisotopic (exact) mass is 212 g/mol. The van der Waals surface area contributed by atoms with Crippen molar-refractivity contribution in [2.75, 3.05) is 5.73 Å². The van der Waals surface area contributed by atoms with Crippen LogP contribution >= 0.6 is 11.3 Å². The fourth-order valence-corrected chi connectivity index (χ4v) is 1.85. The van der Waals surface area contributed by atoms with Crippen molar-refractivity contribution in [3.63, 3.8) is 0 Å². The number of hydrogen-bond donors (Lipinski definition) is 1. The molecule has 0 unspecified atom stereocenters. The number of nitrogens with zero attached hydrogens (tertiary/aromatic N) is 1. The largest absolute Gasteiger partial charge is 0.382 e. The smallest absolute Gasteiger partial charge is 0.142 e. The van der Waals surface area contributed by atoms with Crippen LogP contribution in [0.2, 0.25) is 0 Å². The van der Waals surface area contributed by atoms with E-state index in [0.29, 0.717) is 16.3 Å². The van der Waals surface area contributed by atoms with E-state index in [2.05, 4.69) is 4.98 Å². The molecule has 0 radical (unpaired) electrons. The number of hydrogen-bond acceptors (Lipinski definition) is 3. The van der Waals surface area contributed by atoms with E-state index < -0.39 is 11.6 Å². The van der Waals surface area contributed by atoms with Crippen molar-refractivity contribution in [3.8, 4) is 10.4 Å². The predicted molar refractivity (Wildman–Crippen MR) is 51.9 cm³/mol. The summed E-state index contributed by atoms with van der Waals surface area (Å²) < 4.78 is 25.7. The molecule has 1 aromatic heterocycles. The molecule has 0 saturated heterocycles. The summed E-state index contributed by atoms with van der Waals surface area (Å²) in [5, 5.41) is 0. The van der Waals surface area contributed by atoms with Gasteiger partial charge in [0.15, 0.2) is 0 Å². The van der Waals surface area contributed by atoms with E-state index in [-0.39, 0.29) is 0 Å². The fraction of sp³-hybridized carbons (Fsp3) is 0. The van der Waals surface area contributed by atoms with E-state index >= 15 is 0 Å². The van der Waals surface area contributed by atoms with Gasteiger partial charge in [-0.05, 0) is 12.1 Å². The number of aromatic nitrogens is 1. The first-order valence-corrected chi connectivity index (χ1v) is 4.70. The minimum atomic E-state index is -0.618. The van der Waals surface area contributed by atoms with Crippen LogP contribution < -0.4 is 5.73 Å². The molecule has 2 N–H and O–H groups in total. The van der Waals surface area contributed by atoms with Crippen molar-refractivity contribution in [2.45, 2.75) is 0 Å². The van der Waals surface area contributed by atoms with Crippen molar-refractivity contribution in [3.05, 3.63) is 35.3 Å². The Bertz CT molecular complexity index is 447. The van der Waals surface area contributed by atoms with E-state index in [1.54, 1.807) is 0 Å². The Kier molecular flexibility index (Phi) is 2.17. The molecular weight excluding hydrogens is 206 g/mol. The molecule has 0 amide bonds. The lowest BCUT2D eigenvalue weighted by Gasteiger charge is -1.99. The lowest BCUT2D eigenvalue weighted by atomic mass is 10.2. The zero-order chi connectivity index (χ0) is 10.1. The predicted octanol–water partition coefficient (Wildman–Crippen LogP) is 2.67. The molecule has 0 spiro atoms. The van der Waals surface area contributed by atoms with E-state index in [1.807, 2.05) is 0 Å². The third-order valence-electron chi connectivity index (χ3n) is 1.72. The highest BCUT2D eigenvalue weighted by atomic mass is 32.1. The average molecular weight is 212 g/mol. The molecule has 1 heterocycles. The number of benzene rings is 1. The van der Waals surface area contributed by atoms with Gasteiger partial charge in [-0.3, -0.25) is 0 Å². The van der Waals surface area contributed by atoms with Crippen LogP contribution in [0, 0.1) is 11.6 Å². The SMILES string of the molecule is Nc1ncsc1-c1cc(F)cc(F)c1. The quantitative estimate of drug-likeness (QED) is 0.789. The Morgan fingerprint density at radius 2 is 1.79 bits per heavy atom. The average Bonchev–Trinajstić information content (AvgIpc) is 2.49. The highest BCUT2D eigenvalue weighted by Gasteiger charge is 2.08. The van der Waals surface area contributed by atoms with Crippen molar-refractivity contribution in [2.24, 2.45) is 0 Å². The second kappa shape index (κ2) is 3.34. The van der Waals surface area contributed by atoms with Crippen molar-refractivity contribution < 1.29 is 8.78 Å². The number of thiazole rings is 1. The van der Waals surface area contributed by atoms with Gasteiger partial charge < -0.3 is 5.73 Å². The van der Waals surface area contributed by atoms with Gasteiger partial charge in [0.25, 0.3) is 0 Å². The molecule has 0 atom stereocenters. The lowest BCUT2D eigenvalue weighted by molar-refractivity contribution is 0.584. The summed E-state index contributed by atoms with van der Waals surface area (Å²) in [5.41, 5.74) is 7.48. The molecule has 5 heteroatoms. The molecule has 14 heavy (non-hydrogen) atoms. The van der Waals surface area contributed by atoms with Gasteiger partial charge in [0.2, 0.25) is 0 Å². The van der Waals surface area contributed by atoms with Crippen LogP contribution in [0.3, 0.4) is 0 Å². The maximum Gasteiger partial charge on any atom is 0.142 e. The van der Waals surface area contributed by atoms with E-state index in [4.69, 9.17) is 5.73 Å². The number of nitrogens with two attached hydrogens (primary N) is 1. The minimum Gasteiger partial charge on any atom is -0.382 e. The molecule has 2 aromatic rings. The summed E-state index contributed by atoms with van der Waals surface area (Å²) in [7, 11) is 0. The van der Waals surface area contributed by atoms with Gasteiger partial charge in [-0.25, -0.2) is 13.8 Å². The molecule has 2 rings (SSSR count). The highest BCUT2D eigenvalue weighted by molar-refractivity contribution is 7.13. The third kappa shape index (κ3) is 1.58. The first kappa shape index (κ1) is 9.08. The topological polar surface area (TPSA) is 38.9 Å². The van der Waals surface area contributed by atoms with E-state index in [1.165, 1.54) is 29.0 Å². The molecule has 0 fully saturated rings. The summed E-state index contributed by atoms with van der Waals surface area (Å²) in [6.45, 7) is 0. The zero-order valence-electron chi connectivity index (χ0n) is 7.00. The highest BCUT2D eigenvalue weighted by Crippen LogP contribution is 2.30. The Morgan fingerprint density at radius 3 is 2.29 bits per heavy atom. The Hall–Kier alpha value is -1.49. The number of halogens is 2. The number of nitrogen functional groups attached to an aromatic ring is 1. The van der Waals surface area contributed by atoms with Gasteiger partial charge >= 0.3 is 0 Å². The van der Waals surface area contributed by atoms with Crippen molar-refractivity contribution in [1.82, 2.24) is 4.98 Å². The summed E-state index contributed by atoms with van der Waals surface area (Å²) >= 11 is 1.25. The first-order chi connectivity index (χ1) is 6.66. The maximum atomic E-state index is 12.9. The maximum absolute atomic E-state index is 12.9. The first-order valence-electron chi connectivity index (χ1n) is 3.82. The van der Waals surface area contributed by atoms with Gasteiger partial charge in [0.1, 0.15) is 17.5 Å². The van der Waals surface area contributed by atoms with Crippen LogP contribution in [0.1, 0.15) is 0 Å².